The average molecular weight is 387 g/mol. The van der Waals surface area contributed by atoms with E-state index in [-0.39, 0.29) is 0 Å². The summed E-state index contributed by atoms with van der Waals surface area (Å²) in [6.45, 7) is 9.89. The molecule has 0 aromatic heterocycles. The van der Waals surface area contributed by atoms with Gasteiger partial charge in [-0.15, -0.1) is 0 Å². The van der Waals surface area contributed by atoms with Crippen LogP contribution in [0.2, 0.25) is 0 Å². The van der Waals surface area contributed by atoms with E-state index in [9.17, 15) is 0 Å². The van der Waals surface area contributed by atoms with Gasteiger partial charge in [0.1, 0.15) is 12.4 Å². The highest BCUT2D eigenvalue weighted by molar-refractivity contribution is 5.36. The molecule has 0 fully saturated rings. The number of ether oxygens (including phenoxy) is 1. The Morgan fingerprint density at radius 1 is 0.690 bits per heavy atom. The lowest BCUT2D eigenvalue weighted by molar-refractivity contribution is 0.306. The van der Waals surface area contributed by atoms with E-state index >= 15 is 0 Å². The summed E-state index contributed by atoms with van der Waals surface area (Å²) in [6, 6.07) is 28.0. The lowest BCUT2D eigenvalue weighted by atomic mass is 9.77. The highest BCUT2D eigenvalue weighted by Crippen LogP contribution is 2.35. The first-order valence-electron chi connectivity index (χ1n) is 10.9. The maximum Gasteiger partial charge on any atom is 0.119 e. The highest BCUT2D eigenvalue weighted by Gasteiger charge is 2.22. The fourth-order valence-electron chi connectivity index (χ4n) is 3.99. The second-order valence-electron chi connectivity index (χ2n) is 8.40. The van der Waals surface area contributed by atoms with Crippen LogP contribution in [-0.2, 0) is 13.0 Å². The Morgan fingerprint density at radius 3 is 1.93 bits per heavy atom. The maximum absolute atomic E-state index is 5.96. The molecule has 3 aromatic rings. The molecule has 0 heterocycles. The van der Waals surface area contributed by atoms with Gasteiger partial charge in [-0.3, -0.25) is 0 Å². The lowest BCUT2D eigenvalue weighted by Gasteiger charge is -2.27. The molecule has 3 rings (SSSR count). The van der Waals surface area contributed by atoms with E-state index in [1.165, 1.54) is 28.7 Å². The van der Waals surface area contributed by atoms with E-state index in [1.54, 1.807) is 0 Å². The molecular weight excluding hydrogens is 352 g/mol. The SMILES string of the molecule is CCC(C)C(Cc1ccc(OCc2ccccc2)cc1)c1ccccc1C(C)C. The van der Waals surface area contributed by atoms with Crippen LogP contribution < -0.4 is 4.74 Å². The monoisotopic (exact) mass is 386 g/mol. The maximum atomic E-state index is 5.96. The summed E-state index contributed by atoms with van der Waals surface area (Å²) in [7, 11) is 0. The van der Waals surface area contributed by atoms with Gasteiger partial charge in [0.15, 0.2) is 0 Å². The van der Waals surface area contributed by atoms with Crippen LogP contribution in [-0.4, -0.2) is 0 Å². The number of hydrogen-bond acceptors (Lipinski definition) is 1. The van der Waals surface area contributed by atoms with Gasteiger partial charge in [-0.1, -0.05) is 101 Å². The fourth-order valence-corrected chi connectivity index (χ4v) is 3.99. The standard InChI is InChI=1S/C28H34O/c1-5-22(4)28(27-14-10-9-13-26(27)21(2)3)19-23-15-17-25(18-16-23)29-20-24-11-7-6-8-12-24/h6-18,21-22,28H,5,19-20H2,1-4H3. The van der Waals surface area contributed by atoms with Crippen molar-refractivity contribution in [3.8, 4) is 5.75 Å². The Bertz CT molecular complexity index is 864. The zero-order valence-corrected chi connectivity index (χ0v) is 18.3. The van der Waals surface area contributed by atoms with Crippen molar-refractivity contribution in [3.63, 3.8) is 0 Å². The van der Waals surface area contributed by atoms with E-state index in [0.717, 1.165) is 12.2 Å². The predicted molar refractivity (Wildman–Crippen MR) is 124 cm³/mol. The van der Waals surface area contributed by atoms with E-state index in [2.05, 4.69) is 88.4 Å². The molecule has 0 aliphatic heterocycles. The summed E-state index contributed by atoms with van der Waals surface area (Å²) in [5, 5.41) is 0. The third-order valence-electron chi connectivity index (χ3n) is 5.98. The molecule has 0 radical (unpaired) electrons. The van der Waals surface area contributed by atoms with Gasteiger partial charge in [0.05, 0.1) is 0 Å². The largest absolute Gasteiger partial charge is 0.489 e. The first-order chi connectivity index (χ1) is 14.1. The molecule has 29 heavy (non-hydrogen) atoms. The Kier molecular flexibility index (Phi) is 7.52. The molecular formula is C28H34O. The van der Waals surface area contributed by atoms with Crippen LogP contribution in [0.4, 0.5) is 0 Å². The zero-order valence-electron chi connectivity index (χ0n) is 18.3. The smallest absolute Gasteiger partial charge is 0.119 e. The van der Waals surface area contributed by atoms with Crippen LogP contribution in [0.1, 0.15) is 68.2 Å². The van der Waals surface area contributed by atoms with E-state index in [1.807, 2.05) is 18.2 Å². The van der Waals surface area contributed by atoms with E-state index in [0.29, 0.717) is 24.4 Å². The highest BCUT2D eigenvalue weighted by atomic mass is 16.5. The summed E-state index contributed by atoms with van der Waals surface area (Å²) < 4.78 is 5.96. The summed E-state index contributed by atoms with van der Waals surface area (Å²) in [5.74, 6) is 2.66. The van der Waals surface area contributed by atoms with Gasteiger partial charge >= 0.3 is 0 Å². The third kappa shape index (κ3) is 5.73. The minimum absolute atomic E-state index is 0.537. The van der Waals surface area contributed by atoms with Gasteiger partial charge in [-0.2, -0.15) is 0 Å². The lowest BCUT2D eigenvalue weighted by Crippen LogP contribution is -2.15. The van der Waals surface area contributed by atoms with Crippen LogP contribution >= 0.6 is 0 Å². The van der Waals surface area contributed by atoms with Crippen molar-refractivity contribution in [2.75, 3.05) is 0 Å². The minimum atomic E-state index is 0.537. The molecule has 0 saturated carbocycles. The average Bonchev–Trinajstić information content (AvgIpc) is 2.77. The first kappa shape index (κ1) is 21.2. The van der Waals surface area contributed by atoms with Crippen molar-refractivity contribution in [1.29, 1.82) is 0 Å². The van der Waals surface area contributed by atoms with E-state index < -0.39 is 0 Å². The van der Waals surface area contributed by atoms with Gasteiger partial charge in [0.2, 0.25) is 0 Å². The summed E-state index contributed by atoms with van der Waals surface area (Å²) in [4.78, 5) is 0. The summed E-state index contributed by atoms with van der Waals surface area (Å²) >= 11 is 0. The molecule has 0 saturated heterocycles. The minimum Gasteiger partial charge on any atom is -0.489 e. The molecule has 0 aliphatic rings. The van der Waals surface area contributed by atoms with Crippen LogP contribution in [0, 0.1) is 5.92 Å². The molecule has 1 heteroatoms. The van der Waals surface area contributed by atoms with Crippen molar-refractivity contribution in [2.45, 2.75) is 59.0 Å². The second kappa shape index (κ2) is 10.3. The molecule has 3 aromatic carbocycles. The van der Waals surface area contributed by atoms with Crippen LogP contribution in [0.15, 0.2) is 78.9 Å². The molecule has 0 aliphatic carbocycles. The molecule has 0 spiro atoms. The van der Waals surface area contributed by atoms with Crippen molar-refractivity contribution >= 4 is 0 Å². The molecule has 0 amide bonds. The third-order valence-corrected chi connectivity index (χ3v) is 5.98. The van der Waals surface area contributed by atoms with Crippen molar-refractivity contribution in [1.82, 2.24) is 0 Å². The Balaban J connectivity index is 1.73. The molecule has 152 valence electrons. The van der Waals surface area contributed by atoms with Crippen LogP contribution in [0.3, 0.4) is 0 Å². The number of hydrogen-bond donors (Lipinski definition) is 0. The Labute approximate surface area is 176 Å². The summed E-state index contributed by atoms with van der Waals surface area (Å²) in [5.41, 5.74) is 5.57. The quantitative estimate of drug-likeness (QED) is 0.365. The predicted octanol–water partition coefficient (Wildman–Crippen LogP) is 7.76. The van der Waals surface area contributed by atoms with Crippen molar-refractivity contribution in [3.05, 3.63) is 101 Å². The van der Waals surface area contributed by atoms with Crippen LogP contribution in [0.25, 0.3) is 0 Å². The fraction of sp³-hybridized carbons (Fsp3) is 0.357. The van der Waals surface area contributed by atoms with Gasteiger partial charge in [-0.25, -0.2) is 0 Å². The number of benzene rings is 3. The van der Waals surface area contributed by atoms with Crippen LogP contribution in [0.5, 0.6) is 5.75 Å². The number of rotatable bonds is 9. The van der Waals surface area contributed by atoms with Gasteiger partial charge in [0.25, 0.3) is 0 Å². The van der Waals surface area contributed by atoms with Gasteiger partial charge in [-0.05, 0) is 58.6 Å². The second-order valence-corrected chi connectivity index (χ2v) is 8.40. The van der Waals surface area contributed by atoms with E-state index in [4.69, 9.17) is 4.74 Å². The topological polar surface area (TPSA) is 9.23 Å². The normalized spacial score (nSPS) is 13.3. The Hall–Kier alpha value is -2.54. The molecule has 2 unspecified atom stereocenters. The van der Waals surface area contributed by atoms with Crippen molar-refractivity contribution < 1.29 is 4.74 Å². The van der Waals surface area contributed by atoms with Crippen molar-refractivity contribution in [2.24, 2.45) is 5.92 Å². The molecule has 2 atom stereocenters. The van der Waals surface area contributed by atoms with Gasteiger partial charge in [0, 0.05) is 0 Å². The molecule has 1 nitrogen and oxygen atoms in total. The molecule has 0 N–H and O–H groups in total. The van der Waals surface area contributed by atoms with Gasteiger partial charge < -0.3 is 4.74 Å². The molecule has 0 bridgehead atoms. The Morgan fingerprint density at radius 2 is 1.31 bits per heavy atom. The first-order valence-corrected chi connectivity index (χ1v) is 10.9. The zero-order chi connectivity index (χ0) is 20.6. The summed E-state index contributed by atoms with van der Waals surface area (Å²) in [6.07, 6.45) is 2.26.